The molecule has 2 N–H and O–H groups in total. The maximum Gasteiger partial charge on any atom is 0.338 e. The Morgan fingerprint density at radius 3 is 2.44 bits per heavy atom. The monoisotopic (exact) mass is 250 g/mol. The Hall–Kier alpha value is -1.88. The maximum atomic E-state index is 11.4. The van der Waals surface area contributed by atoms with Gasteiger partial charge in [-0.3, -0.25) is 4.79 Å². The Morgan fingerprint density at radius 1 is 1.22 bits per heavy atom. The van der Waals surface area contributed by atoms with Crippen molar-refractivity contribution >= 4 is 11.9 Å². The maximum absolute atomic E-state index is 11.4. The van der Waals surface area contributed by atoms with Gasteiger partial charge in [0, 0.05) is 6.54 Å². The Bertz CT molecular complexity index is 401. The van der Waals surface area contributed by atoms with Gasteiger partial charge in [0.05, 0.1) is 18.7 Å². The van der Waals surface area contributed by atoms with E-state index in [1.54, 1.807) is 38.2 Å². The first-order chi connectivity index (χ1) is 8.67. The first-order valence-electron chi connectivity index (χ1n) is 5.84. The molecule has 5 nitrogen and oxygen atoms in total. The third-order valence-electron chi connectivity index (χ3n) is 2.29. The summed E-state index contributed by atoms with van der Waals surface area (Å²) in [6, 6.07) is 6.98. The molecule has 0 aliphatic rings. The molecule has 0 bridgehead atoms. The van der Waals surface area contributed by atoms with Crippen molar-refractivity contribution in [1.29, 1.82) is 0 Å². The van der Waals surface area contributed by atoms with E-state index < -0.39 is 0 Å². The molecule has 98 valence electrons. The number of ether oxygens (including phenoxy) is 1. The fraction of sp³-hybridized carbons (Fsp3) is 0.385. The number of carbonyl (C=O) groups is 2. The van der Waals surface area contributed by atoms with E-state index in [-0.39, 0.29) is 11.9 Å². The fourth-order valence-electron chi connectivity index (χ4n) is 1.40. The smallest absolute Gasteiger partial charge is 0.338 e. The Balaban J connectivity index is 2.50. The van der Waals surface area contributed by atoms with Gasteiger partial charge in [-0.2, -0.15) is 0 Å². The summed E-state index contributed by atoms with van der Waals surface area (Å²) in [5.41, 5.74) is 1.45. The van der Waals surface area contributed by atoms with Crippen molar-refractivity contribution in [2.75, 3.05) is 20.2 Å². The number of carbonyl (C=O) groups excluding carboxylic acids is 2. The molecule has 0 aliphatic carbocycles. The van der Waals surface area contributed by atoms with E-state index in [1.165, 1.54) is 0 Å². The molecular formula is C13H18N2O3. The third-order valence-corrected chi connectivity index (χ3v) is 2.29. The lowest BCUT2D eigenvalue weighted by atomic mass is 10.1. The number of hydrogen-bond acceptors (Lipinski definition) is 4. The number of esters is 1. The molecule has 1 amide bonds. The van der Waals surface area contributed by atoms with Crippen LogP contribution in [-0.2, 0) is 16.1 Å². The first kappa shape index (κ1) is 14.2. The van der Waals surface area contributed by atoms with Crippen LogP contribution < -0.4 is 10.6 Å². The molecule has 1 aromatic rings. The summed E-state index contributed by atoms with van der Waals surface area (Å²) in [6.45, 7) is 2.87. The second-order valence-corrected chi connectivity index (χ2v) is 3.72. The Kier molecular flexibility index (Phi) is 5.87. The van der Waals surface area contributed by atoms with Gasteiger partial charge in [0.25, 0.3) is 0 Å². The minimum absolute atomic E-state index is 0.0630. The van der Waals surface area contributed by atoms with Crippen LogP contribution in [0, 0.1) is 0 Å². The molecule has 0 atom stereocenters. The lowest BCUT2D eigenvalue weighted by Crippen LogP contribution is -2.31. The quantitative estimate of drug-likeness (QED) is 0.729. The van der Waals surface area contributed by atoms with E-state index in [2.05, 4.69) is 10.6 Å². The van der Waals surface area contributed by atoms with Crippen molar-refractivity contribution in [1.82, 2.24) is 10.6 Å². The molecule has 0 heterocycles. The zero-order chi connectivity index (χ0) is 13.4. The molecule has 18 heavy (non-hydrogen) atoms. The Labute approximate surface area is 107 Å². The van der Waals surface area contributed by atoms with Crippen molar-refractivity contribution in [2.24, 2.45) is 0 Å². The van der Waals surface area contributed by atoms with Gasteiger partial charge in [-0.15, -0.1) is 0 Å². The topological polar surface area (TPSA) is 67.4 Å². The largest absolute Gasteiger partial charge is 0.462 e. The van der Waals surface area contributed by atoms with E-state index in [0.717, 1.165) is 5.56 Å². The van der Waals surface area contributed by atoms with Crippen LogP contribution in [0.25, 0.3) is 0 Å². The van der Waals surface area contributed by atoms with Gasteiger partial charge < -0.3 is 15.4 Å². The minimum atomic E-state index is -0.330. The van der Waals surface area contributed by atoms with E-state index in [0.29, 0.717) is 25.3 Å². The van der Waals surface area contributed by atoms with Gasteiger partial charge in [-0.25, -0.2) is 4.79 Å². The highest BCUT2D eigenvalue weighted by atomic mass is 16.5. The zero-order valence-electron chi connectivity index (χ0n) is 10.7. The fourth-order valence-corrected chi connectivity index (χ4v) is 1.40. The molecule has 0 spiro atoms. The summed E-state index contributed by atoms with van der Waals surface area (Å²) < 4.78 is 4.88. The SMILES string of the molecule is CCOC(=O)c1ccc(CNC(=O)CNC)cc1. The lowest BCUT2D eigenvalue weighted by Gasteiger charge is -2.06. The highest BCUT2D eigenvalue weighted by Crippen LogP contribution is 2.05. The summed E-state index contributed by atoms with van der Waals surface area (Å²) in [7, 11) is 1.72. The lowest BCUT2D eigenvalue weighted by molar-refractivity contribution is -0.120. The average molecular weight is 250 g/mol. The number of nitrogens with one attached hydrogen (secondary N) is 2. The van der Waals surface area contributed by atoms with Crippen molar-refractivity contribution in [2.45, 2.75) is 13.5 Å². The van der Waals surface area contributed by atoms with Gasteiger partial charge in [0.15, 0.2) is 0 Å². The van der Waals surface area contributed by atoms with Gasteiger partial charge in [0.1, 0.15) is 0 Å². The number of amides is 1. The number of rotatable bonds is 6. The van der Waals surface area contributed by atoms with E-state index in [4.69, 9.17) is 4.74 Å². The Morgan fingerprint density at radius 2 is 1.89 bits per heavy atom. The van der Waals surface area contributed by atoms with Crippen molar-refractivity contribution < 1.29 is 14.3 Å². The third kappa shape index (κ3) is 4.55. The van der Waals surface area contributed by atoms with Crippen LogP contribution in [0.1, 0.15) is 22.8 Å². The highest BCUT2D eigenvalue weighted by Gasteiger charge is 2.05. The summed E-state index contributed by atoms with van der Waals surface area (Å²) >= 11 is 0. The molecule has 5 heteroatoms. The van der Waals surface area contributed by atoms with Gasteiger partial charge in [-0.1, -0.05) is 12.1 Å². The zero-order valence-corrected chi connectivity index (χ0v) is 10.7. The normalized spacial score (nSPS) is 9.89. The number of likely N-dealkylation sites (N-methyl/N-ethyl adjacent to an activating group) is 1. The summed E-state index contributed by atoms with van der Waals surface area (Å²) in [4.78, 5) is 22.6. The molecule has 0 saturated heterocycles. The molecule has 0 fully saturated rings. The van der Waals surface area contributed by atoms with Crippen LogP contribution in [0.5, 0.6) is 0 Å². The molecule has 0 unspecified atom stereocenters. The van der Waals surface area contributed by atoms with E-state index >= 15 is 0 Å². The summed E-state index contributed by atoms with van der Waals surface area (Å²) in [5, 5.41) is 5.52. The second-order valence-electron chi connectivity index (χ2n) is 3.72. The van der Waals surface area contributed by atoms with Crippen molar-refractivity contribution in [3.63, 3.8) is 0 Å². The second kappa shape index (κ2) is 7.45. The van der Waals surface area contributed by atoms with Gasteiger partial charge >= 0.3 is 5.97 Å². The predicted molar refractivity (Wildman–Crippen MR) is 68.2 cm³/mol. The minimum Gasteiger partial charge on any atom is -0.462 e. The average Bonchev–Trinajstić information content (AvgIpc) is 2.37. The summed E-state index contributed by atoms with van der Waals surface area (Å²) in [6.07, 6.45) is 0. The predicted octanol–water partition coefficient (Wildman–Crippen LogP) is 0.699. The summed E-state index contributed by atoms with van der Waals surface area (Å²) in [5.74, 6) is -0.393. The van der Waals surface area contributed by atoms with Crippen molar-refractivity contribution in [3.05, 3.63) is 35.4 Å². The van der Waals surface area contributed by atoms with E-state index in [9.17, 15) is 9.59 Å². The molecular weight excluding hydrogens is 232 g/mol. The molecule has 1 aromatic carbocycles. The molecule has 0 radical (unpaired) electrons. The highest BCUT2D eigenvalue weighted by molar-refractivity contribution is 5.89. The van der Waals surface area contributed by atoms with Gasteiger partial charge in [0.2, 0.25) is 5.91 Å². The van der Waals surface area contributed by atoms with Crippen LogP contribution in [0.3, 0.4) is 0 Å². The standard InChI is InChI=1S/C13H18N2O3/c1-3-18-13(17)11-6-4-10(5-7-11)8-15-12(16)9-14-2/h4-7,14H,3,8-9H2,1-2H3,(H,15,16). The van der Waals surface area contributed by atoms with E-state index in [1.807, 2.05) is 0 Å². The molecule has 0 aliphatic heterocycles. The molecule has 0 aromatic heterocycles. The molecule has 0 saturated carbocycles. The van der Waals surface area contributed by atoms with Crippen LogP contribution in [0.15, 0.2) is 24.3 Å². The molecule has 1 rings (SSSR count). The first-order valence-corrected chi connectivity index (χ1v) is 5.84. The van der Waals surface area contributed by atoms with Crippen molar-refractivity contribution in [3.8, 4) is 0 Å². The van der Waals surface area contributed by atoms with Crippen LogP contribution in [-0.4, -0.2) is 32.1 Å². The van der Waals surface area contributed by atoms with Crippen LogP contribution in [0.2, 0.25) is 0 Å². The number of hydrogen-bond donors (Lipinski definition) is 2. The van der Waals surface area contributed by atoms with Gasteiger partial charge in [-0.05, 0) is 31.7 Å². The number of benzene rings is 1. The van der Waals surface area contributed by atoms with Crippen LogP contribution in [0.4, 0.5) is 0 Å². The van der Waals surface area contributed by atoms with Crippen LogP contribution >= 0.6 is 0 Å².